The summed E-state index contributed by atoms with van der Waals surface area (Å²) in [5.74, 6) is 1.96. The second-order valence-corrected chi connectivity index (χ2v) is 7.64. The van der Waals surface area contributed by atoms with Crippen LogP contribution in [-0.2, 0) is 0 Å². The van der Waals surface area contributed by atoms with E-state index in [0.717, 1.165) is 37.5 Å². The number of aromatic nitrogens is 2. The van der Waals surface area contributed by atoms with E-state index in [0.29, 0.717) is 17.5 Å². The Morgan fingerprint density at radius 3 is 2.42 bits per heavy atom. The van der Waals surface area contributed by atoms with Crippen molar-refractivity contribution in [1.29, 1.82) is 0 Å². The zero-order chi connectivity index (χ0) is 17.8. The summed E-state index contributed by atoms with van der Waals surface area (Å²) >= 11 is 0. The number of hydrazine groups is 2. The van der Waals surface area contributed by atoms with Gasteiger partial charge in [-0.1, -0.05) is 12.1 Å². The number of nitrogens with one attached hydrogen (secondary N) is 3. The van der Waals surface area contributed by atoms with Gasteiger partial charge in [0.15, 0.2) is 11.5 Å². The van der Waals surface area contributed by atoms with Crippen LogP contribution in [0.2, 0.25) is 0 Å². The number of rotatable bonds is 3. The minimum Gasteiger partial charge on any atom is -0.342 e. The molecular formula is C19H24N6O. The van der Waals surface area contributed by atoms with Gasteiger partial charge >= 0.3 is 0 Å². The fourth-order valence-electron chi connectivity index (χ4n) is 4.08. The summed E-state index contributed by atoms with van der Waals surface area (Å²) in [6.07, 6.45) is 4.87. The van der Waals surface area contributed by atoms with Crippen molar-refractivity contribution >= 4 is 23.1 Å². The van der Waals surface area contributed by atoms with Crippen LogP contribution in [-0.4, -0.2) is 23.1 Å². The van der Waals surface area contributed by atoms with E-state index in [4.69, 9.17) is 0 Å². The monoisotopic (exact) mass is 352 g/mol. The van der Waals surface area contributed by atoms with Crippen molar-refractivity contribution in [2.45, 2.75) is 45.4 Å². The Hall–Kier alpha value is -2.70. The summed E-state index contributed by atoms with van der Waals surface area (Å²) in [4.78, 5) is 22.2. The number of nitrogens with zero attached hydrogens (tertiary/aromatic N) is 3. The number of anilines is 4. The van der Waals surface area contributed by atoms with E-state index >= 15 is 0 Å². The lowest BCUT2D eigenvalue weighted by Gasteiger charge is -2.23. The first-order valence-electron chi connectivity index (χ1n) is 9.44. The first kappa shape index (κ1) is 15.5. The minimum absolute atomic E-state index is 0.142. The fourth-order valence-corrected chi connectivity index (χ4v) is 4.08. The van der Waals surface area contributed by atoms with Gasteiger partial charge in [0.25, 0.3) is 5.56 Å². The van der Waals surface area contributed by atoms with E-state index in [9.17, 15) is 4.79 Å². The Labute approximate surface area is 152 Å². The summed E-state index contributed by atoms with van der Waals surface area (Å²) in [5.41, 5.74) is 11.6. The number of H-pyrrole nitrogens is 1. The molecule has 5 rings (SSSR count). The van der Waals surface area contributed by atoms with Crippen LogP contribution in [0.3, 0.4) is 0 Å². The molecule has 3 heterocycles. The molecule has 0 unspecified atom stereocenters. The summed E-state index contributed by atoms with van der Waals surface area (Å²) in [7, 11) is 0. The van der Waals surface area contributed by atoms with Gasteiger partial charge in [-0.2, -0.15) is 10.1 Å². The maximum atomic E-state index is 12.5. The van der Waals surface area contributed by atoms with Crippen molar-refractivity contribution < 1.29 is 0 Å². The Kier molecular flexibility index (Phi) is 3.38. The molecule has 7 nitrogen and oxygen atoms in total. The van der Waals surface area contributed by atoms with E-state index in [1.807, 2.05) is 5.12 Å². The smallest absolute Gasteiger partial charge is 0.279 e. The van der Waals surface area contributed by atoms with Crippen LogP contribution in [0.25, 0.3) is 0 Å². The van der Waals surface area contributed by atoms with Crippen molar-refractivity contribution in [2.75, 3.05) is 34.0 Å². The zero-order valence-electron chi connectivity index (χ0n) is 15.2. The molecule has 1 saturated heterocycles. The predicted octanol–water partition coefficient (Wildman–Crippen LogP) is 3.04. The molecule has 7 heteroatoms. The highest BCUT2D eigenvalue weighted by molar-refractivity contribution is 5.78. The number of hydrogen-bond donors (Lipinski definition) is 3. The Balaban J connectivity index is 1.47. The van der Waals surface area contributed by atoms with Crippen molar-refractivity contribution in [3.8, 4) is 0 Å². The second-order valence-electron chi connectivity index (χ2n) is 7.64. The molecule has 0 spiro atoms. The molecule has 0 amide bonds. The highest BCUT2D eigenvalue weighted by Crippen LogP contribution is 2.42. The first-order valence-corrected chi connectivity index (χ1v) is 9.44. The van der Waals surface area contributed by atoms with Crippen LogP contribution in [0.4, 0.5) is 23.1 Å². The molecule has 1 aromatic carbocycles. The minimum atomic E-state index is -0.142. The maximum Gasteiger partial charge on any atom is 0.279 e. The van der Waals surface area contributed by atoms with E-state index in [1.165, 1.54) is 29.5 Å². The van der Waals surface area contributed by atoms with Crippen LogP contribution in [0.1, 0.15) is 48.3 Å². The molecule has 1 saturated carbocycles. The lowest BCUT2D eigenvalue weighted by atomic mass is 10.0. The van der Waals surface area contributed by atoms with Gasteiger partial charge in [-0.05, 0) is 62.1 Å². The largest absolute Gasteiger partial charge is 0.342 e. The van der Waals surface area contributed by atoms with E-state index in [-0.39, 0.29) is 5.56 Å². The van der Waals surface area contributed by atoms with Gasteiger partial charge in [0.2, 0.25) is 5.95 Å². The van der Waals surface area contributed by atoms with Gasteiger partial charge in [-0.25, -0.2) is 0 Å². The quantitative estimate of drug-likeness (QED) is 0.788. The molecule has 2 aliphatic heterocycles. The Morgan fingerprint density at radius 2 is 1.77 bits per heavy atom. The molecule has 2 fully saturated rings. The summed E-state index contributed by atoms with van der Waals surface area (Å²) in [5, 5.41) is 1.82. The van der Waals surface area contributed by atoms with E-state index in [2.05, 4.69) is 51.7 Å². The topological polar surface area (TPSA) is 76.3 Å². The SMILES string of the molecule is Cc1cc(C2CC2)cc(C)c1N1Nc2nc(N3CCCC3)[nH]c(=O)c2N1. The maximum absolute atomic E-state index is 12.5. The highest BCUT2D eigenvalue weighted by atomic mass is 16.1. The van der Waals surface area contributed by atoms with Gasteiger partial charge < -0.3 is 4.90 Å². The number of aryl methyl sites for hydroxylation is 2. The molecule has 26 heavy (non-hydrogen) atoms. The second kappa shape index (κ2) is 5.65. The van der Waals surface area contributed by atoms with E-state index in [1.54, 1.807) is 0 Å². The van der Waals surface area contributed by atoms with Gasteiger partial charge in [-0.15, -0.1) is 0 Å². The molecule has 0 atom stereocenters. The molecule has 2 aromatic rings. The van der Waals surface area contributed by atoms with E-state index < -0.39 is 0 Å². The molecule has 1 aliphatic carbocycles. The number of hydrogen-bond acceptors (Lipinski definition) is 6. The van der Waals surface area contributed by atoms with Gasteiger partial charge in [-0.3, -0.25) is 20.6 Å². The van der Waals surface area contributed by atoms with Gasteiger partial charge in [0.1, 0.15) is 0 Å². The van der Waals surface area contributed by atoms with Crippen molar-refractivity contribution in [2.24, 2.45) is 0 Å². The van der Waals surface area contributed by atoms with Crippen LogP contribution >= 0.6 is 0 Å². The molecule has 3 N–H and O–H groups in total. The third-order valence-electron chi connectivity index (χ3n) is 5.54. The standard InChI is InChI=1S/C19H24N6O/c1-11-9-14(13-5-6-13)10-12(2)16(11)25-22-15-17(23-25)20-19(21-18(15)26)24-7-3-4-8-24/h9-10,13,22H,3-8H2,1-2H3,(H2,20,21,23,26). The summed E-state index contributed by atoms with van der Waals surface area (Å²) < 4.78 is 0. The summed E-state index contributed by atoms with van der Waals surface area (Å²) in [6, 6.07) is 4.53. The Morgan fingerprint density at radius 1 is 1.08 bits per heavy atom. The predicted molar refractivity (Wildman–Crippen MR) is 104 cm³/mol. The Bertz CT molecular complexity index is 903. The molecule has 0 radical (unpaired) electrons. The number of fused-ring (bicyclic) bond motifs is 1. The van der Waals surface area contributed by atoms with Gasteiger partial charge in [0, 0.05) is 13.1 Å². The number of aromatic amines is 1. The molecule has 0 bridgehead atoms. The van der Waals surface area contributed by atoms with Crippen LogP contribution in [0.5, 0.6) is 0 Å². The van der Waals surface area contributed by atoms with Gasteiger partial charge in [0.05, 0.1) is 5.69 Å². The molecule has 3 aliphatic rings. The summed E-state index contributed by atoms with van der Waals surface area (Å²) in [6.45, 7) is 6.13. The average molecular weight is 352 g/mol. The number of benzene rings is 1. The van der Waals surface area contributed by atoms with Crippen LogP contribution < -0.4 is 26.4 Å². The van der Waals surface area contributed by atoms with Crippen molar-refractivity contribution in [3.63, 3.8) is 0 Å². The van der Waals surface area contributed by atoms with Crippen LogP contribution in [0.15, 0.2) is 16.9 Å². The lowest BCUT2D eigenvalue weighted by molar-refractivity contribution is 0.894. The lowest BCUT2D eigenvalue weighted by Crippen LogP contribution is -2.31. The van der Waals surface area contributed by atoms with Crippen molar-refractivity contribution in [3.05, 3.63) is 39.2 Å². The molecule has 136 valence electrons. The molecule has 1 aromatic heterocycles. The first-order chi connectivity index (χ1) is 12.6. The molecular weight excluding hydrogens is 328 g/mol. The average Bonchev–Trinajstić information content (AvgIpc) is 3.14. The zero-order valence-corrected chi connectivity index (χ0v) is 15.2. The van der Waals surface area contributed by atoms with Crippen molar-refractivity contribution in [1.82, 2.24) is 9.97 Å². The third-order valence-corrected chi connectivity index (χ3v) is 5.54. The fraction of sp³-hybridized carbons (Fsp3) is 0.474. The highest BCUT2D eigenvalue weighted by Gasteiger charge is 2.29. The normalized spacial score (nSPS) is 18.7. The van der Waals surface area contributed by atoms with Crippen LogP contribution in [0, 0.1) is 13.8 Å². The third kappa shape index (κ3) is 2.50.